The van der Waals surface area contributed by atoms with E-state index in [0.717, 1.165) is 0 Å². The molecule has 1 aromatic carbocycles. The second-order valence-corrected chi connectivity index (χ2v) is 3.74. The number of nitrogen functional groups attached to an aromatic ring is 1. The molecule has 0 aliphatic rings. The lowest BCUT2D eigenvalue weighted by Gasteiger charge is -2.07. The maximum absolute atomic E-state index is 13.2. The average Bonchev–Trinajstić information content (AvgIpc) is 2.14. The molecule has 0 aliphatic carbocycles. The Hall–Kier alpha value is -0.780. The summed E-state index contributed by atoms with van der Waals surface area (Å²) in [6.07, 6.45) is 0. The van der Waals surface area contributed by atoms with E-state index in [9.17, 15) is 4.39 Å². The van der Waals surface area contributed by atoms with E-state index in [2.05, 4.69) is 0 Å². The quantitative estimate of drug-likeness (QED) is 0.432. The topological polar surface area (TPSA) is 70.1 Å². The van der Waals surface area contributed by atoms with E-state index >= 15 is 0 Å². The Bertz CT molecular complexity index is 349. The molecule has 4 N–H and O–H groups in total. The molecule has 0 saturated heterocycles. The SMILES string of the molecule is Cl.N=C(N)c1c(F)cccc1SCCO. The first-order chi connectivity index (χ1) is 6.66. The predicted molar refractivity (Wildman–Crippen MR) is 62.5 cm³/mol. The molecule has 0 unspecified atom stereocenters. The summed E-state index contributed by atoms with van der Waals surface area (Å²) in [5, 5.41) is 15.8. The number of rotatable bonds is 4. The van der Waals surface area contributed by atoms with Crippen LogP contribution in [0.1, 0.15) is 5.56 Å². The fourth-order valence-electron chi connectivity index (χ4n) is 1.04. The van der Waals surface area contributed by atoms with Crippen molar-refractivity contribution in [1.82, 2.24) is 0 Å². The largest absolute Gasteiger partial charge is 0.396 e. The van der Waals surface area contributed by atoms with Crippen molar-refractivity contribution >= 4 is 30.0 Å². The number of aliphatic hydroxyl groups is 1. The van der Waals surface area contributed by atoms with Gasteiger partial charge in [0.1, 0.15) is 11.7 Å². The molecule has 3 nitrogen and oxygen atoms in total. The standard InChI is InChI=1S/C9H11FN2OS.ClH/c10-6-2-1-3-7(14-5-4-13)8(6)9(11)12;/h1-3,13H,4-5H2,(H3,11,12);1H. The van der Waals surface area contributed by atoms with E-state index in [0.29, 0.717) is 10.6 Å². The van der Waals surface area contributed by atoms with Crippen LogP contribution in [-0.4, -0.2) is 23.3 Å². The Morgan fingerprint density at radius 1 is 1.53 bits per heavy atom. The van der Waals surface area contributed by atoms with E-state index in [4.69, 9.17) is 16.2 Å². The molecule has 0 radical (unpaired) electrons. The van der Waals surface area contributed by atoms with Crippen LogP contribution in [0.2, 0.25) is 0 Å². The van der Waals surface area contributed by atoms with E-state index in [1.165, 1.54) is 17.8 Å². The highest BCUT2D eigenvalue weighted by atomic mass is 35.5. The summed E-state index contributed by atoms with van der Waals surface area (Å²) in [4.78, 5) is 0.589. The molecule has 0 amide bonds. The van der Waals surface area contributed by atoms with Crippen LogP contribution < -0.4 is 5.73 Å². The van der Waals surface area contributed by atoms with Gasteiger partial charge in [0.25, 0.3) is 0 Å². The fraction of sp³-hybridized carbons (Fsp3) is 0.222. The van der Waals surface area contributed by atoms with Crippen molar-refractivity contribution in [2.24, 2.45) is 5.73 Å². The molecule has 84 valence electrons. The molecule has 0 aromatic heterocycles. The van der Waals surface area contributed by atoms with Gasteiger partial charge < -0.3 is 10.8 Å². The van der Waals surface area contributed by atoms with Gasteiger partial charge in [0.15, 0.2) is 0 Å². The first kappa shape index (κ1) is 14.2. The second-order valence-electron chi connectivity index (χ2n) is 2.60. The lowest BCUT2D eigenvalue weighted by atomic mass is 10.2. The van der Waals surface area contributed by atoms with E-state index in [1.54, 1.807) is 12.1 Å². The van der Waals surface area contributed by atoms with E-state index < -0.39 is 5.82 Å². The van der Waals surface area contributed by atoms with Crippen molar-refractivity contribution in [3.63, 3.8) is 0 Å². The van der Waals surface area contributed by atoms with Gasteiger partial charge >= 0.3 is 0 Å². The van der Waals surface area contributed by atoms with Gasteiger partial charge in [-0.1, -0.05) is 6.07 Å². The van der Waals surface area contributed by atoms with Crippen LogP contribution in [0, 0.1) is 11.2 Å². The molecule has 15 heavy (non-hydrogen) atoms. The summed E-state index contributed by atoms with van der Waals surface area (Å²) in [5.74, 6) is -0.326. The third-order valence-electron chi connectivity index (χ3n) is 1.59. The van der Waals surface area contributed by atoms with E-state index in [-0.39, 0.29) is 30.4 Å². The highest BCUT2D eigenvalue weighted by Crippen LogP contribution is 2.24. The molecule has 1 rings (SSSR count). The van der Waals surface area contributed by atoms with Crippen LogP contribution in [-0.2, 0) is 0 Å². The summed E-state index contributed by atoms with van der Waals surface area (Å²) in [6.45, 7) is 0.0124. The van der Waals surface area contributed by atoms with E-state index in [1.807, 2.05) is 0 Å². The number of nitrogens with two attached hydrogens (primary N) is 1. The fourth-order valence-corrected chi connectivity index (χ4v) is 1.88. The van der Waals surface area contributed by atoms with Crippen molar-refractivity contribution in [3.05, 3.63) is 29.6 Å². The summed E-state index contributed by atoms with van der Waals surface area (Å²) < 4.78 is 13.2. The number of amidine groups is 1. The highest BCUT2D eigenvalue weighted by Gasteiger charge is 2.10. The lowest BCUT2D eigenvalue weighted by molar-refractivity contribution is 0.322. The number of thioether (sulfide) groups is 1. The molecule has 6 heteroatoms. The molecular weight excluding hydrogens is 239 g/mol. The van der Waals surface area contributed by atoms with Gasteiger partial charge in [-0.25, -0.2) is 4.39 Å². The highest BCUT2D eigenvalue weighted by molar-refractivity contribution is 7.99. The van der Waals surface area contributed by atoms with Crippen molar-refractivity contribution < 1.29 is 9.50 Å². The molecule has 0 spiro atoms. The summed E-state index contributed by atoms with van der Waals surface area (Å²) in [6, 6.07) is 4.50. The van der Waals surface area contributed by atoms with Crippen LogP contribution in [0.5, 0.6) is 0 Å². The zero-order valence-corrected chi connectivity index (χ0v) is 9.50. The number of aliphatic hydroxyl groups excluding tert-OH is 1. The van der Waals surface area contributed by atoms with Crippen LogP contribution in [0.3, 0.4) is 0 Å². The zero-order chi connectivity index (χ0) is 10.6. The first-order valence-electron chi connectivity index (χ1n) is 4.03. The molecule has 0 aliphatic heterocycles. The molecule has 0 heterocycles. The molecule has 1 aromatic rings. The van der Waals surface area contributed by atoms with Crippen molar-refractivity contribution in [3.8, 4) is 0 Å². The Kier molecular flexibility index (Phi) is 6.31. The molecule has 0 saturated carbocycles. The van der Waals surface area contributed by atoms with Gasteiger partial charge in [0.2, 0.25) is 0 Å². The summed E-state index contributed by atoms with van der Waals surface area (Å²) in [7, 11) is 0. The van der Waals surface area contributed by atoms with Gasteiger partial charge in [-0.2, -0.15) is 0 Å². The van der Waals surface area contributed by atoms with Gasteiger partial charge in [-0.15, -0.1) is 24.2 Å². The third-order valence-corrected chi connectivity index (χ3v) is 2.63. The Morgan fingerprint density at radius 2 is 2.20 bits per heavy atom. The lowest BCUT2D eigenvalue weighted by Crippen LogP contribution is -2.14. The predicted octanol–water partition coefficient (Wildman–Crippen LogP) is 1.62. The Morgan fingerprint density at radius 3 is 2.73 bits per heavy atom. The average molecular weight is 251 g/mol. The molecule has 0 bridgehead atoms. The van der Waals surface area contributed by atoms with Crippen LogP contribution in [0.15, 0.2) is 23.1 Å². The molecular formula is C9H12ClFN2OS. The summed E-state index contributed by atoms with van der Waals surface area (Å²) in [5.41, 5.74) is 5.37. The van der Waals surface area contributed by atoms with Gasteiger partial charge in [-0.3, -0.25) is 5.41 Å². The smallest absolute Gasteiger partial charge is 0.135 e. The number of nitrogens with one attached hydrogen (secondary N) is 1. The summed E-state index contributed by atoms with van der Waals surface area (Å²) >= 11 is 1.28. The van der Waals surface area contributed by atoms with Gasteiger partial charge in [0.05, 0.1) is 12.2 Å². The number of hydrogen-bond acceptors (Lipinski definition) is 3. The second kappa shape index (κ2) is 6.66. The maximum Gasteiger partial charge on any atom is 0.135 e. The number of benzene rings is 1. The molecule has 0 fully saturated rings. The Balaban J connectivity index is 0.00000196. The van der Waals surface area contributed by atoms with Crippen LogP contribution in [0.25, 0.3) is 0 Å². The third kappa shape index (κ3) is 3.70. The number of halogens is 2. The monoisotopic (exact) mass is 250 g/mol. The van der Waals surface area contributed by atoms with Crippen LogP contribution >= 0.6 is 24.2 Å². The molecule has 0 atom stereocenters. The minimum absolute atomic E-state index is 0. The normalized spacial score (nSPS) is 9.47. The Labute approximate surface area is 97.8 Å². The first-order valence-corrected chi connectivity index (χ1v) is 5.02. The van der Waals surface area contributed by atoms with Crippen molar-refractivity contribution in [2.45, 2.75) is 4.90 Å². The van der Waals surface area contributed by atoms with Crippen molar-refractivity contribution in [2.75, 3.05) is 12.4 Å². The minimum atomic E-state index is -0.500. The minimum Gasteiger partial charge on any atom is -0.396 e. The van der Waals surface area contributed by atoms with Crippen LogP contribution in [0.4, 0.5) is 4.39 Å². The zero-order valence-electron chi connectivity index (χ0n) is 7.87. The maximum atomic E-state index is 13.2. The van der Waals surface area contributed by atoms with Crippen molar-refractivity contribution in [1.29, 1.82) is 5.41 Å². The van der Waals surface area contributed by atoms with Gasteiger partial charge in [0, 0.05) is 10.6 Å². The van der Waals surface area contributed by atoms with Gasteiger partial charge in [-0.05, 0) is 12.1 Å². The number of hydrogen-bond donors (Lipinski definition) is 3.